The first kappa shape index (κ1) is 26.3. The zero-order valence-corrected chi connectivity index (χ0v) is 23.1. The van der Waals surface area contributed by atoms with Gasteiger partial charge in [0.05, 0.1) is 5.69 Å². The molecule has 0 unspecified atom stereocenters. The first-order valence-electron chi connectivity index (χ1n) is 14.3. The van der Waals surface area contributed by atoms with Crippen molar-refractivity contribution < 1.29 is 19.4 Å². The first-order chi connectivity index (χ1) is 19.4. The van der Waals surface area contributed by atoms with Crippen LogP contribution in [0.25, 0.3) is 27.8 Å². The third kappa shape index (κ3) is 4.92. The Morgan fingerprint density at radius 3 is 2.38 bits per heavy atom. The Morgan fingerprint density at radius 1 is 1.00 bits per heavy atom. The number of para-hydroxylation sites is 1. The molecular weight excluding hydrogens is 504 g/mol. The molecule has 0 bridgehead atoms. The van der Waals surface area contributed by atoms with Crippen LogP contribution < -0.4 is 4.90 Å². The van der Waals surface area contributed by atoms with E-state index >= 15 is 0 Å². The van der Waals surface area contributed by atoms with Crippen molar-refractivity contribution in [2.45, 2.75) is 58.4 Å². The molecule has 4 aromatic rings. The number of benzene rings is 2. The highest BCUT2D eigenvalue weighted by molar-refractivity contribution is 6.02. The van der Waals surface area contributed by atoms with Gasteiger partial charge in [-0.2, -0.15) is 0 Å². The number of nitrogens with zero attached hydrogens (tertiary/aromatic N) is 3. The lowest BCUT2D eigenvalue weighted by molar-refractivity contribution is -0.124. The van der Waals surface area contributed by atoms with E-state index in [1.807, 2.05) is 36.4 Å². The lowest BCUT2D eigenvalue weighted by atomic mass is 9.82. The maximum atomic E-state index is 14.0. The Labute approximate surface area is 233 Å². The second kappa shape index (κ2) is 10.9. The van der Waals surface area contributed by atoms with Crippen molar-refractivity contribution in [3.8, 4) is 16.9 Å². The Balaban J connectivity index is 1.35. The van der Waals surface area contributed by atoms with Gasteiger partial charge in [-0.15, -0.1) is 5.10 Å². The lowest BCUT2D eigenvalue weighted by Gasteiger charge is -2.37. The van der Waals surface area contributed by atoms with Crippen LogP contribution in [0.3, 0.4) is 0 Å². The monoisotopic (exact) mass is 540 g/mol. The van der Waals surface area contributed by atoms with Gasteiger partial charge in [-0.05, 0) is 80.7 Å². The number of carboxylic acid groups (broad SMARTS) is 1. The minimum atomic E-state index is -1.09. The summed E-state index contributed by atoms with van der Waals surface area (Å²) < 4.78 is 7.16. The van der Waals surface area contributed by atoms with Crippen molar-refractivity contribution in [3.05, 3.63) is 65.9 Å². The van der Waals surface area contributed by atoms with Gasteiger partial charge >= 0.3 is 5.97 Å². The van der Waals surface area contributed by atoms with Crippen LogP contribution in [0.15, 0.2) is 54.7 Å². The third-order valence-corrected chi connectivity index (χ3v) is 8.70. The fraction of sp³-hybridized carbons (Fsp3) is 0.406. The smallest absolute Gasteiger partial charge is 0.341 e. The van der Waals surface area contributed by atoms with Crippen molar-refractivity contribution in [1.82, 2.24) is 14.8 Å². The van der Waals surface area contributed by atoms with Crippen LogP contribution in [0.2, 0.25) is 0 Å². The number of fused-ring (bicyclic) bond motifs is 1. The maximum absolute atomic E-state index is 14.0. The van der Waals surface area contributed by atoms with Crippen molar-refractivity contribution in [1.29, 1.82) is 0 Å². The summed E-state index contributed by atoms with van der Waals surface area (Å²) >= 11 is 0. The summed E-state index contributed by atoms with van der Waals surface area (Å²) in [6.07, 6.45) is 6.55. The summed E-state index contributed by atoms with van der Waals surface area (Å²) in [6.45, 7) is 5.43. The predicted octanol–water partition coefficient (Wildman–Crippen LogP) is 6.37. The fourth-order valence-corrected chi connectivity index (χ4v) is 6.28. The van der Waals surface area contributed by atoms with Gasteiger partial charge in [0.15, 0.2) is 5.82 Å². The predicted molar refractivity (Wildman–Crippen MR) is 155 cm³/mol. The van der Waals surface area contributed by atoms with Crippen LogP contribution in [0.4, 0.5) is 5.82 Å². The summed E-state index contributed by atoms with van der Waals surface area (Å²) in [5.41, 5.74) is 5.14. The molecule has 8 nitrogen and oxygen atoms in total. The van der Waals surface area contributed by atoms with Gasteiger partial charge in [0.25, 0.3) is 0 Å². The molecule has 0 radical (unpaired) electrons. The summed E-state index contributed by atoms with van der Waals surface area (Å²) in [6, 6.07) is 16.0. The normalized spacial score (nSPS) is 20.1. The number of rotatable bonds is 6. The Kier molecular flexibility index (Phi) is 7.19. The van der Waals surface area contributed by atoms with Gasteiger partial charge < -0.3 is 14.8 Å². The van der Waals surface area contributed by atoms with Crippen molar-refractivity contribution in [2.75, 3.05) is 18.1 Å². The molecule has 2 aromatic heterocycles. The number of carbonyl (C=O) groups is 2. The molecule has 1 aliphatic carbocycles. The molecule has 0 spiro atoms. The van der Waals surface area contributed by atoms with Crippen LogP contribution >= 0.6 is 0 Å². The summed E-state index contributed by atoms with van der Waals surface area (Å²) in [7, 11) is 0. The van der Waals surface area contributed by atoms with E-state index in [0.717, 1.165) is 48.1 Å². The van der Waals surface area contributed by atoms with Crippen molar-refractivity contribution in [2.24, 2.45) is 11.8 Å². The molecule has 2 fully saturated rings. The van der Waals surface area contributed by atoms with E-state index in [9.17, 15) is 14.7 Å². The van der Waals surface area contributed by atoms with Gasteiger partial charge in [-0.1, -0.05) is 37.3 Å². The molecule has 2 N–H and O–H groups in total. The first-order valence-corrected chi connectivity index (χ1v) is 14.3. The Hall–Kier alpha value is -3.91. The van der Waals surface area contributed by atoms with Crippen LogP contribution in [-0.2, 0) is 9.53 Å². The molecular formula is C32H36N4O4. The minimum absolute atomic E-state index is 0.00353. The number of amides is 1. The molecule has 8 heteroatoms. The van der Waals surface area contributed by atoms with E-state index in [1.165, 1.54) is 17.1 Å². The molecule has 208 valence electrons. The van der Waals surface area contributed by atoms with Crippen LogP contribution in [0, 0.1) is 18.8 Å². The number of hydrogen-bond donors (Lipinski definition) is 2. The molecule has 6 rings (SSSR count). The number of carbonyl (C=O) groups excluding carboxylic acids is 1. The van der Waals surface area contributed by atoms with E-state index < -0.39 is 5.97 Å². The largest absolute Gasteiger partial charge is 0.477 e. The summed E-state index contributed by atoms with van der Waals surface area (Å²) in [5, 5.41) is 16.1. The SMILES string of the molecule is Cc1c(-c2ccc(-n3cc(C(=O)O)c(N(C(=O)[C@H]4CC[C@H](C)CC4)C4CCOCC4)n3)cc2)[nH]c2ccccc12. The molecule has 1 amide bonds. The molecule has 0 atom stereocenters. The number of carboxylic acids is 1. The average molecular weight is 541 g/mol. The zero-order chi connectivity index (χ0) is 27.8. The number of aryl methyl sites for hydroxylation is 1. The van der Waals surface area contributed by atoms with Crippen LogP contribution in [-0.4, -0.2) is 51.0 Å². The summed E-state index contributed by atoms with van der Waals surface area (Å²) in [5.74, 6) is -0.349. The number of anilines is 1. The molecule has 3 heterocycles. The van der Waals surface area contributed by atoms with Crippen molar-refractivity contribution >= 4 is 28.6 Å². The molecule has 2 aliphatic rings. The topological polar surface area (TPSA) is 100 Å². The van der Waals surface area contributed by atoms with E-state index in [4.69, 9.17) is 9.84 Å². The fourth-order valence-electron chi connectivity index (χ4n) is 6.28. The molecule has 2 aromatic carbocycles. The molecule has 1 saturated carbocycles. The highest BCUT2D eigenvalue weighted by Crippen LogP contribution is 2.35. The van der Waals surface area contributed by atoms with E-state index in [-0.39, 0.29) is 29.2 Å². The number of hydrogen-bond acceptors (Lipinski definition) is 4. The molecule has 1 saturated heterocycles. The molecule has 40 heavy (non-hydrogen) atoms. The number of H-pyrrole nitrogens is 1. The number of ether oxygens (including phenoxy) is 1. The van der Waals surface area contributed by atoms with E-state index in [0.29, 0.717) is 32.0 Å². The second-order valence-electron chi connectivity index (χ2n) is 11.3. The van der Waals surface area contributed by atoms with Gasteiger partial charge in [0.2, 0.25) is 5.91 Å². The van der Waals surface area contributed by atoms with Gasteiger partial charge in [0.1, 0.15) is 5.56 Å². The highest BCUT2D eigenvalue weighted by Gasteiger charge is 2.37. The zero-order valence-electron chi connectivity index (χ0n) is 23.1. The second-order valence-corrected chi connectivity index (χ2v) is 11.3. The van der Waals surface area contributed by atoms with Gasteiger partial charge in [-0.25, -0.2) is 9.48 Å². The van der Waals surface area contributed by atoms with E-state index in [2.05, 4.69) is 31.0 Å². The Bertz CT molecular complexity index is 1520. The standard InChI is InChI=1S/C32H36N4O4/c1-20-7-9-23(10-8-20)31(37)36(25-15-17-40-18-16-25)30-27(32(38)39)19-35(34-30)24-13-11-22(12-14-24)29-21(2)26-5-3-4-6-28(26)33-29/h3-6,11-14,19-20,23,25,33H,7-10,15-18H2,1-2H3,(H,38,39)/t20-,23-. The minimum Gasteiger partial charge on any atom is -0.477 e. The number of nitrogens with one attached hydrogen (secondary N) is 1. The van der Waals surface area contributed by atoms with Crippen molar-refractivity contribution in [3.63, 3.8) is 0 Å². The quantitative estimate of drug-likeness (QED) is 0.296. The number of aromatic carboxylic acids is 1. The van der Waals surface area contributed by atoms with Gasteiger partial charge in [0, 0.05) is 48.0 Å². The van der Waals surface area contributed by atoms with Crippen LogP contribution in [0.1, 0.15) is 61.4 Å². The third-order valence-electron chi connectivity index (χ3n) is 8.70. The number of aromatic amines is 1. The number of aromatic nitrogens is 3. The van der Waals surface area contributed by atoms with E-state index in [1.54, 1.807) is 9.58 Å². The maximum Gasteiger partial charge on any atom is 0.341 e. The molecule has 1 aliphatic heterocycles. The highest BCUT2D eigenvalue weighted by atomic mass is 16.5. The van der Waals surface area contributed by atoms with Crippen LogP contribution in [0.5, 0.6) is 0 Å². The lowest BCUT2D eigenvalue weighted by Crippen LogP contribution is -2.47. The Morgan fingerprint density at radius 2 is 1.70 bits per heavy atom. The van der Waals surface area contributed by atoms with Gasteiger partial charge in [-0.3, -0.25) is 9.69 Å². The summed E-state index contributed by atoms with van der Waals surface area (Å²) in [4.78, 5) is 31.6. The average Bonchev–Trinajstić information content (AvgIpc) is 3.56.